The highest BCUT2D eigenvalue weighted by atomic mass is 79.9. The Balaban J connectivity index is 2.11. The minimum Gasteiger partial charge on any atom is -0.493 e. The molecule has 1 aliphatic heterocycles. The Bertz CT molecular complexity index is 826. The number of rotatable bonds is 7. The van der Waals surface area contributed by atoms with Crippen molar-refractivity contribution in [1.29, 1.82) is 0 Å². The fraction of sp³-hybridized carbons (Fsp3) is 0.409. The van der Waals surface area contributed by atoms with Crippen LogP contribution in [0, 0.1) is 0 Å². The first-order valence-corrected chi connectivity index (χ1v) is 10.4. The molecule has 1 fully saturated rings. The number of piperidine rings is 1. The maximum Gasteiger partial charge on any atom is 0.320 e. The Kier molecular flexibility index (Phi) is 6.97. The fourth-order valence-electron chi connectivity index (χ4n) is 3.90. The topological polar surface area (TPSA) is 59.0 Å². The van der Waals surface area contributed by atoms with Gasteiger partial charge in [0.2, 0.25) is 0 Å². The molecule has 0 radical (unpaired) electrons. The lowest BCUT2D eigenvalue weighted by atomic mass is 9.91. The van der Waals surface area contributed by atoms with E-state index in [0.29, 0.717) is 24.5 Å². The molecule has 3 rings (SSSR count). The van der Waals surface area contributed by atoms with Crippen molar-refractivity contribution in [2.24, 2.45) is 0 Å². The summed E-state index contributed by atoms with van der Waals surface area (Å²) in [5, 5.41) is 9.84. The summed E-state index contributed by atoms with van der Waals surface area (Å²) in [6.45, 7) is 3.22. The van der Waals surface area contributed by atoms with E-state index in [1.165, 1.54) is 0 Å². The zero-order chi connectivity index (χ0) is 20.1. The lowest BCUT2D eigenvalue weighted by Crippen LogP contribution is -2.46. The van der Waals surface area contributed by atoms with Crippen molar-refractivity contribution in [2.45, 2.75) is 38.3 Å². The molecule has 0 aliphatic carbocycles. The minimum atomic E-state index is -0.769. The second kappa shape index (κ2) is 9.43. The van der Waals surface area contributed by atoms with Crippen molar-refractivity contribution in [3.05, 3.63) is 58.1 Å². The van der Waals surface area contributed by atoms with Gasteiger partial charge in [0.1, 0.15) is 6.04 Å². The molecule has 1 N–H and O–H groups in total. The third-order valence-electron chi connectivity index (χ3n) is 5.16. The summed E-state index contributed by atoms with van der Waals surface area (Å²) in [5.41, 5.74) is 2.03. The minimum absolute atomic E-state index is 0.193. The van der Waals surface area contributed by atoms with E-state index < -0.39 is 12.0 Å². The maximum absolute atomic E-state index is 12.0. The number of halogens is 1. The van der Waals surface area contributed by atoms with Crippen LogP contribution in [0.5, 0.6) is 11.5 Å². The summed E-state index contributed by atoms with van der Waals surface area (Å²) in [7, 11) is 1.62. The number of carboxylic acids is 1. The molecular formula is C22H26BrNO4. The number of likely N-dealkylation sites (tertiary alicyclic amines) is 1. The zero-order valence-electron chi connectivity index (χ0n) is 16.2. The van der Waals surface area contributed by atoms with Crippen molar-refractivity contribution in [1.82, 2.24) is 4.90 Å². The molecule has 150 valence electrons. The van der Waals surface area contributed by atoms with E-state index in [2.05, 4.69) is 20.8 Å². The van der Waals surface area contributed by atoms with E-state index in [1.54, 1.807) is 7.11 Å². The highest BCUT2D eigenvalue weighted by molar-refractivity contribution is 9.10. The predicted molar refractivity (Wildman–Crippen MR) is 112 cm³/mol. The zero-order valence-corrected chi connectivity index (χ0v) is 17.8. The van der Waals surface area contributed by atoms with Gasteiger partial charge in [0, 0.05) is 4.47 Å². The van der Waals surface area contributed by atoms with Gasteiger partial charge in [-0.15, -0.1) is 0 Å². The lowest BCUT2D eigenvalue weighted by Gasteiger charge is -2.40. The molecule has 1 saturated heterocycles. The third kappa shape index (κ3) is 4.33. The molecule has 2 atom stereocenters. The van der Waals surface area contributed by atoms with E-state index in [9.17, 15) is 9.90 Å². The maximum atomic E-state index is 12.0. The first-order valence-electron chi connectivity index (χ1n) is 9.60. The van der Waals surface area contributed by atoms with Gasteiger partial charge in [0.05, 0.1) is 19.8 Å². The van der Waals surface area contributed by atoms with Gasteiger partial charge in [0.25, 0.3) is 0 Å². The van der Waals surface area contributed by atoms with E-state index in [0.717, 1.165) is 35.0 Å². The van der Waals surface area contributed by atoms with Crippen molar-refractivity contribution in [3.63, 3.8) is 0 Å². The summed E-state index contributed by atoms with van der Waals surface area (Å²) >= 11 is 3.66. The van der Waals surface area contributed by atoms with Crippen molar-refractivity contribution in [3.8, 4) is 11.5 Å². The number of hydrogen-bond donors (Lipinski definition) is 1. The van der Waals surface area contributed by atoms with Crippen LogP contribution in [-0.4, -0.2) is 42.3 Å². The van der Waals surface area contributed by atoms with Gasteiger partial charge in [-0.05, 0) is 55.6 Å². The van der Waals surface area contributed by atoms with E-state index in [1.807, 2.05) is 49.4 Å². The molecule has 28 heavy (non-hydrogen) atoms. The van der Waals surface area contributed by atoms with Crippen LogP contribution < -0.4 is 9.47 Å². The van der Waals surface area contributed by atoms with Crippen molar-refractivity contribution in [2.75, 3.05) is 20.3 Å². The second-order valence-electron chi connectivity index (χ2n) is 6.86. The van der Waals surface area contributed by atoms with Crippen molar-refractivity contribution < 1.29 is 19.4 Å². The van der Waals surface area contributed by atoms with E-state index in [-0.39, 0.29) is 6.04 Å². The molecule has 6 heteroatoms. The standard InChI is InChI=1S/C22H26BrNO4/c1-3-28-19-12-11-15(14-20(19)27-2)21(16-8-4-5-9-17(16)23)24-13-7-6-10-18(24)22(25)26/h4-5,8-9,11-12,14,18,21H,3,6-7,10,13H2,1-2H3,(H,25,26). The van der Waals surface area contributed by atoms with Gasteiger partial charge in [-0.3, -0.25) is 9.69 Å². The summed E-state index contributed by atoms with van der Waals surface area (Å²) in [4.78, 5) is 14.1. The highest BCUT2D eigenvalue weighted by Crippen LogP contribution is 2.40. The Labute approximate surface area is 174 Å². The second-order valence-corrected chi connectivity index (χ2v) is 7.71. The molecular weight excluding hydrogens is 422 g/mol. The molecule has 0 saturated carbocycles. The van der Waals surface area contributed by atoms with Crippen LogP contribution in [0.4, 0.5) is 0 Å². The van der Waals surface area contributed by atoms with Gasteiger partial charge in [-0.25, -0.2) is 0 Å². The number of carboxylic acid groups (broad SMARTS) is 1. The Morgan fingerprint density at radius 2 is 2.04 bits per heavy atom. The molecule has 0 bridgehead atoms. The number of aliphatic carboxylic acids is 1. The quantitative estimate of drug-likeness (QED) is 0.654. The number of ether oxygens (including phenoxy) is 2. The first-order chi connectivity index (χ1) is 13.6. The van der Waals surface area contributed by atoms with Gasteiger partial charge < -0.3 is 14.6 Å². The molecule has 0 aromatic heterocycles. The SMILES string of the molecule is CCOc1ccc(C(c2ccccc2Br)N2CCCCC2C(=O)O)cc1OC. The monoisotopic (exact) mass is 447 g/mol. The molecule has 5 nitrogen and oxygen atoms in total. The van der Waals surface area contributed by atoms with Gasteiger partial charge in [-0.1, -0.05) is 46.6 Å². The summed E-state index contributed by atoms with van der Waals surface area (Å²) in [6, 6.07) is 13.2. The molecule has 0 amide bonds. The Morgan fingerprint density at radius 1 is 1.25 bits per heavy atom. The average molecular weight is 448 g/mol. The summed E-state index contributed by atoms with van der Waals surface area (Å²) in [6.07, 6.45) is 2.58. The van der Waals surface area contributed by atoms with Crippen LogP contribution >= 0.6 is 15.9 Å². The normalized spacial score (nSPS) is 18.5. The summed E-state index contributed by atoms with van der Waals surface area (Å²) in [5.74, 6) is 0.572. The molecule has 2 unspecified atom stereocenters. The Morgan fingerprint density at radius 3 is 2.71 bits per heavy atom. The third-order valence-corrected chi connectivity index (χ3v) is 5.89. The van der Waals surface area contributed by atoms with Crippen LogP contribution in [-0.2, 0) is 4.79 Å². The summed E-state index contributed by atoms with van der Waals surface area (Å²) < 4.78 is 12.2. The molecule has 1 heterocycles. The van der Waals surface area contributed by atoms with Crippen LogP contribution in [0.25, 0.3) is 0 Å². The highest BCUT2D eigenvalue weighted by Gasteiger charge is 2.36. The smallest absolute Gasteiger partial charge is 0.320 e. The average Bonchev–Trinajstić information content (AvgIpc) is 2.71. The largest absolute Gasteiger partial charge is 0.493 e. The lowest BCUT2D eigenvalue weighted by molar-refractivity contribution is -0.145. The van der Waals surface area contributed by atoms with E-state index >= 15 is 0 Å². The number of nitrogens with zero attached hydrogens (tertiary/aromatic N) is 1. The van der Waals surface area contributed by atoms with E-state index in [4.69, 9.17) is 9.47 Å². The van der Waals surface area contributed by atoms with Gasteiger partial charge in [-0.2, -0.15) is 0 Å². The number of benzene rings is 2. The van der Waals surface area contributed by atoms with Crippen LogP contribution in [0.15, 0.2) is 46.9 Å². The van der Waals surface area contributed by atoms with Crippen LogP contribution in [0.3, 0.4) is 0 Å². The van der Waals surface area contributed by atoms with Gasteiger partial charge >= 0.3 is 5.97 Å². The number of hydrogen-bond acceptors (Lipinski definition) is 4. The van der Waals surface area contributed by atoms with Crippen LogP contribution in [0.1, 0.15) is 43.4 Å². The molecule has 2 aromatic carbocycles. The number of methoxy groups -OCH3 is 1. The van der Waals surface area contributed by atoms with Crippen LogP contribution in [0.2, 0.25) is 0 Å². The Hall–Kier alpha value is -2.05. The molecule has 0 spiro atoms. The molecule has 1 aliphatic rings. The number of carbonyl (C=O) groups is 1. The molecule has 2 aromatic rings. The van der Waals surface area contributed by atoms with Crippen molar-refractivity contribution >= 4 is 21.9 Å². The fourth-order valence-corrected chi connectivity index (χ4v) is 4.41. The first kappa shape index (κ1) is 20.7. The predicted octanol–water partition coefficient (Wildman–Crippen LogP) is 4.88. The van der Waals surface area contributed by atoms with Gasteiger partial charge in [0.15, 0.2) is 11.5 Å².